The molecule has 0 aliphatic carbocycles. The third-order valence-corrected chi connectivity index (χ3v) is 5.78. The van der Waals surface area contributed by atoms with E-state index in [9.17, 15) is 14.0 Å². The van der Waals surface area contributed by atoms with Crippen molar-refractivity contribution in [3.63, 3.8) is 0 Å². The maximum atomic E-state index is 13.4. The molecule has 6 heteroatoms. The molecule has 4 nitrogen and oxygen atoms in total. The summed E-state index contributed by atoms with van der Waals surface area (Å²) in [6.07, 6.45) is 2.08. The normalized spacial score (nSPS) is 20.3. The molecule has 2 aliphatic rings. The highest BCUT2D eigenvalue weighted by molar-refractivity contribution is 9.10. The molecule has 144 valence electrons. The Morgan fingerprint density at radius 3 is 2.32 bits per heavy atom. The highest BCUT2D eigenvalue weighted by Crippen LogP contribution is 2.36. The monoisotopic (exact) mass is 442 g/mol. The lowest BCUT2D eigenvalue weighted by Gasteiger charge is -2.33. The van der Waals surface area contributed by atoms with Crippen molar-refractivity contribution in [2.24, 2.45) is 5.92 Å². The van der Waals surface area contributed by atoms with E-state index in [0.717, 1.165) is 30.4 Å². The summed E-state index contributed by atoms with van der Waals surface area (Å²) in [7, 11) is 0. The van der Waals surface area contributed by atoms with Gasteiger partial charge in [0.25, 0.3) is 11.8 Å². The summed E-state index contributed by atoms with van der Waals surface area (Å²) in [6, 6.07) is 12.8. The molecular weight excluding hydrogens is 423 g/mol. The van der Waals surface area contributed by atoms with Crippen LogP contribution in [0.5, 0.6) is 0 Å². The van der Waals surface area contributed by atoms with Crippen LogP contribution in [0.2, 0.25) is 0 Å². The first kappa shape index (κ1) is 18.9. The number of hydrogen-bond donors (Lipinski definition) is 0. The summed E-state index contributed by atoms with van der Waals surface area (Å²) in [6.45, 7) is 3.61. The van der Waals surface area contributed by atoms with Gasteiger partial charge in [0, 0.05) is 17.6 Å². The molecule has 28 heavy (non-hydrogen) atoms. The SMILES string of the molecule is CC1CCCN(C2=C(c3ccc(F)cc3)C(=O)N(c3ccc(Br)cc3)C2=O)C1. The molecule has 2 aliphatic heterocycles. The van der Waals surface area contributed by atoms with E-state index in [-0.39, 0.29) is 17.6 Å². The average Bonchev–Trinajstić information content (AvgIpc) is 2.94. The van der Waals surface area contributed by atoms with Crippen molar-refractivity contribution in [2.75, 3.05) is 18.0 Å². The van der Waals surface area contributed by atoms with Crippen LogP contribution < -0.4 is 4.90 Å². The number of carbonyl (C=O) groups excluding carboxylic acids is 2. The van der Waals surface area contributed by atoms with Crippen LogP contribution in [0.15, 0.2) is 58.7 Å². The molecule has 0 aromatic heterocycles. The molecule has 0 radical (unpaired) electrons. The van der Waals surface area contributed by atoms with Crippen LogP contribution in [0.3, 0.4) is 0 Å². The Kier molecular flexibility index (Phi) is 5.06. The molecule has 2 aromatic rings. The molecule has 0 bridgehead atoms. The minimum absolute atomic E-state index is 0.319. The van der Waals surface area contributed by atoms with E-state index >= 15 is 0 Å². The minimum Gasteiger partial charge on any atom is -0.366 e. The number of amides is 2. The van der Waals surface area contributed by atoms with Gasteiger partial charge in [0.2, 0.25) is 0 Å². The molecule has 4 rings (SSSR count). The summed E-state index contributed by atoms with van der Waals surface area (Å²) < 4.78 is 14.3. The van der Waals surface area contributed by atoms with Gasteiger partial charge in [-0.05, 0) is 60.7 Å². The van der Waals surface area contributed by atoms with Crippen molar-refractivity contribution in [2.45, 2.75) is 19.8 Å². The molecule has 2 amide bonds. The quantitative estimate of drug-likeness (QED) is 0.651. The zero-order valence-corrected chi connectivity index (χ0v) is 17.1. The number of piperidine rings is 1. The van der Waals surface area contributed by atoms with Crippen molar-refractivity contribution in [1.82, 2.24) is 4.90 Å². The Bertz CT molecular complexity index is 954. The molecule has 2 aromatic carbocycles. The van der Waals surface area contributed by atoms with Crippen molar-refractivity contribution >= 4 is 39.0 Å². The van der Waals surface area contributed by atoms with E-state index in [1.807, 2.05) is 4.90 Å². The van der Waals surface area contributed by atoms with Crippen molar-refractivity contribution in [1.29, 1.82) is 0 Å². The van der Waals surface area contributed by atoms with E-state index < -0.39 is 0 Å². The topological polar surface area (TPSA) is 40.6 Å². The lowest BCUT2D eigenvalue weighted by Crippen LogP contribution is -2.39. The van der Waals surface area contributed by atoms with Gasteiger partial charge in [-0.1, -0.05) is 35.0 Å². The van der Waals surface area contributed by atoms with Gasteiger partial charge in [-0.2, -0.15) is 0 Å². The molecule has 1 unspecified atom stereocenters. The molecule has 0 saturated carbocycles. The highest BCUT2D eigenvalue weighted by atomic mass is 79.9. The van der Waals surface area contributed by atoms with Gasteiger partial charge < -0.3 is 4.90 Å². The lowest BCUT2D eigenvalue weighted by molar-refractivity contribution is -0.120. The number of carbonyl (C=O) groups is 2. The Labute approximate surface area is 171 Å². The second-order valence-electron chi connectivity index (χ2n) is 7.35. The number of anilines is 1. The van der Waals surface area contributed by atoms with E-state index in [1.54, 1.807) is 36.4 Å². The first-order valence-corrected chi connectivity index (χ1v) is 10.1. The van der Waals surface area contributed by atoms with Crippen molar-refractivity contribution in [3.8, 4) is 0 Å². The number of imide groups is 1. The van der Waals surface area contributed by atoms with Crippen LogP contribution >= 0.6 is 15.9 Å². The third kappa shape index (κ3) is 3.37. The number of likely N-dealkylation sites (tertiary alicyclic amines) is 1. The summed E-state index contributed by atoms with van der Waals surface area (Å²) in [4.78, 5) is 30.0. The second kappa shape index (κ2) is 7.51. The Morgan fingerprint density at radius 1 is 1.00 bits per heavy atom. The Hall–Kier alpha value is -2.47. The van der Waals surface area contributed by atoms with E-state index in [2.05, 4.69) is 22.9 Å². The highest BCUT2D eigenvalue weighted by Gasteiger charge is 2.43. The first-order valence-electron chi connectivity index (χ1n) is 9.35. The van der Waals surface area contributed by atoms with Crippen LogP contribution in [-0.4, -0.2) is 29.8 Å². The summed E-state index contributed by atoms with van der Waals surface area (Å²) in [5.41, 5.74) is 1.86. The van der Waals surface area contributed by atoms with E-state index in [0.29, 0.717) is 28.4 Å². The smallest absolute Gasteiger partial charge is 0.282 e. The van der Waals surface area contributed by atoms with Crippen LogP contribution in [0.25, 0.3) is 5.57 Å². The van der Waals surface area contributed by atoms with Gasteiger partial charge in [-0.3, -0.25) is 9.59 Å². The van der Waals surface area contributed by atoms with Gasteiger partial charge in [0.1, 0.15) is 11.5 Å². The van der Waals surface area contributed by atoms with Gasteiger partial charge in [-0.15, -0.1) is 0 Å². The molecule has 0 N–H and O–H groups in total. The fourth-order valence-electron chi connectivity index (χ4n) is 3.91. The predicted molar refractivity (Wildman–Crippen MR) is 110 cm³/mol. The average molecular weight is 443 g/mol. The number of hydrogen-bond acceptors (Lipinski definition) is 3. The van der Waals surface area contributed by atoms with Gasteiger partial charge in [-0.25, -0.2) is 9.29 Å². The zero-order valence-electron chi connectivity index (χ0n) is 15.5. The molecule has 1 fully saturated rings. The zero-order chi connectivity index (χ0) is 19.8. The number of halogens is 2. The lowest BCUT2D eigenvalue weighted by atomic mass is 9.98. The van der Waals surface area contributed by atoms with Crippen LogP contribution in [0.1, 0.15) is 25.3 Å². The molecule has 1 saturated heterocycles. The maximum Gasteiger partial charge on any atom is 0.282 e. The number of rotatable bonds is 3. The first-order chi connectivity index (χ1) is 13.5. The fourth-order valence-corrected chi connectivity index (χ4v) is 4.17. The fraction of sp³-hybridized carbons (Fsp3) is 0.273. The second-order valence-corrected chi connectivity index (χ2v) is 8.26. The van der Waals surface area contributed by atoms with E-state index in [4.69, 9.17) is 0 Å². The Balaban J connectivity index is 1.82. The summed E-state index contributed by atoms with van der Waals surface area (Å²) >= 11 is 3.38. The summed E-state index contributed by atoms with van der Waals surface area (Å²) in [5, 5.41) is 0. The number of benzene rings is 2. The van der Waals surface area contributed by atoms with Gasteiger partial charge in [0.15, 0.2) is 0 Å². The maximum absolute atomic E-state index is 13.4. The molecule has 2 heterocycles. The molecule has 1 atom stereocenters. The van der Waals surface area contributed by atoms with Crippen molar-refractivity contribution in [3.05, 3.63) is 70.1 Å². The van der Waals surface area contributed by atoms with Gasteiger partial charge in [0.05, 0.1) is 11.3 Å². The molecule has 0 spiro atoms. The largest absolute Gasteiger partial charge is 0.366 e. The van der Waals surface area contributed by atoms with Crippen LogP contribution in [0, 0.1) is 11.7 Å². The minimum atomic E-state index is -0.376. The standard InChI is InChI=1S/C22H20BrFN2O2/c1-14-3-2-12-25(13-14)20-19(15-4-8-17(24)9-5-15)21(27)26(22(20)28)18-10-6-16(23)7-11-18/h4-11,14H,2-3,12-13H2,1H3. The summed E-state index contributed by atoms with van der Waals surface area (Å²) in [5.74, 6) is -0.618. The van der Waals surface area contributed by atoms with Crippen LogP contribution in [0.4, 0.5) is 10.1 Å². The van der Waals surface area contributed by atoms with Gasteiger partial charge >= 0.3 is 0 Å². The molecular formula is C22H20BrFN2O2. The predicted octanol–water partition coefficient (Wildman–Crippen LogP) is 4.60. The number of nitrogens with zero attached hydrogens (tertiary/aromatic N) is 2. The van der Waals surface area contributed by atoms with E-state index in [1.165, 1.54) is 17.0 Å². The Morgan fingerprint density at radius 2 is 1.68 bits per heavy atom. The van der Waals surface area contributed by atoms with Crippen LogP contribution in [-0.2, 0) is 9.59 Å². The van der Waals surface area contributed by atoms with Crippen molar-refractivity contribution < 1.29 is 14.0 Å². The third-order valence-electron chi connectivity index (χ3n) is 5.25.